The number of hydrogen-bond acceptors (Lipinski definition) is 6. The summed E-state index contributed by atoms with van der Waals surface area (Å²) in [6.07, 6.45) is 2.90. The monoisotopic (exact) mass is 312 g/mol. The molecule has 0 aromatic carbocycles. The van der Waals surface area contributed by atoms with Crippen molar-refractivity contribution < 1.29 is 18.7 Å². The Morgan fingerprint density at radius 3 is 2.24 bits per heavy atom. The zero-order chi connectivity index (χ0) is 16.1. The van der Waals surface area contributed by atoms with Gasteiger partial charge in [0.2, 0.25) is 5.82 Å². The van der Waals surface area contributed by atoms with Crippen molar-refractivity contribution in [2.45, 2.75) is 38.9 Å². The molecular formula is C14H24N2O4Si. The number of methoxy groups -OCH3 is 1. The van der Waals surface area contributed by atoms with E-state index in [9.17, 15) is 4.79 Å². The zero-order valence-electron chi connectivity index (χ0n) is 13.6. The molecule has 6 nitrogen and oxygen atoms in total. The second-order valence-electron chi connectivity index (χ2n) is 6.19. The number of hydrogen-bond donors (Lipinski definition) is 0. The van der Waals surface area contributed by atoms with Crippen molar-refractivity contribution in [1.82, 2.24) is 9.97 Å². The highest BCUT2D eigenvalue weighted by molar-refractivity contribution is 6.74. The predicted molar refractivity (Wildman–Crippen MR) is 82.0 cm³/mol. The lowest BCUT2D eigenvalue weighted by molar-refractivity contribution is 0.0586. The van der Waals surface area contributed by atoms with Crippen molar-refractivity contribution in [3.05, 3.63) is 18.2 Å². The molecule has 0 amide bonds. The molecule has 0 unspecified atom stereocenters. The highest BCUT2D eigenvalue weighted by Gasteiger charge is 2.36. The van der Waals surface area contributed by atoms with Crippen LogP contribution in [0, 0.1) is 0 Å². The highest BCUT2D eigenvalue weighted by atomic mass is 28.4. The molecule has 0 aliphatic carbocycles. The molecule has 0 radical (unpaired) electrons. The summed E-state index contributed by atoms with van der Waals surface area (Å²) in [7, 11) is -0.458. The number of nitrogens with zero attached hydrogens (tertiary/aromatic N) is 2. The number of ether oxygens (including phenoxy) is 2. The average molecular weight is 312 g/mol. The topological polar surface area (TPSA) is 70.5 Å². The van der Waals surface area contributed by atoms with Crippen molar-refractivity contribution in [3.8, 4) is 5.75 Å². The fourth-order valence-electron chi connectivity index (χ4n) is 1.26. The second kappa shape index (κ2) is 6.99. The molecule has 7 heteroatoms. The number of carbonyl (C=O) groups excluding carboxylic acids is 1. The molecule has 0 saturated carbocycles. The standard InChI is InChI=1S/C14H24N2O4Si/c1-14(2,3)21(5,6)20-8-7-19-11-9-15-12(16-10-11)13(17)18-4/h9-10H,7-8H2,1-6H3. The van der Waals surface area contributed by atoms with Crippen LogP contribution in [-0.2, 0) is 9.16 Å². The number of rotatable bonds is 6. The number of esters is 1. The minimum Gasteiger partial charge on any atom is -0.488 e. The van der Waals surface area contributed by atoms with Crippen LogP contribution in [0.3, 0.4) is 0 Å². The van der Waals surface area contributed by atoms with E-state index in [0.717, 1.165) is 0 Å². The van der Waals surface area contributed by atoms with Gasteiger partial charge in [0, 0.05) is 0 Å². The van der Waals surface area contributed by atoms with Gasteiger partial charge in [-0.2, -0.15) is 0 Å². The molecule has 0 saturated heterocycles. The van der Waals surface area contributed by atoms with Gasteiger partial charge >= 0.3 is 5.97 Å². The van der Waals surface area contributed by atoms with Gasteiger partial charge in [-0.15, -0.1) is 0 Å². The molecule has 0 N–H and O–H groups in total. The van der Waals surface area contributed by atoms with E-state index in [1.807, 2.05) is 0 Å². The molecular weight excluding hydrogens is 288 g/mol. The highest BCUT2D eigenvalue weighted by Crippen LogP contribution is 2.36. The van der Waals surface area contributed by atoms with Gasteiger partial charge in [-0.1, -0.05) is 20.8 Å². The Balaban J connectivity index is 2.42. The molecule has 0 aliphatic rings. The van der Waals surface area contributed by atoms with Gasteiger partial charge in [-0.05, 0) is 18.1 Å². The fourth-order valence-corrected chi connectivity index (χ4v) is 2.29. The lowest BCUT2D eigenvalue weighted by Gasteiger charge is -2.36. The maximum Gasteiger partial charge on any atom is 0.376 e. The van der Waals surface area contributed by atoms with Crippen molar-refractivity contribution in [2.75, 3.05) is 20.3 Å². The first-order chi connectivity index (χ1) is 9.67. The van der Waals surface area contributed by atoms with E-state index in [1.54, 1.807) is 0 Å². The van der Waals surface area contributed by atoms with Crippen LogP contribution < -0.4 is 4.74 Å². The first-order valence-corrected chi connectivity index (χ1v) is 9.75. The number of carbonyl (C=O) groups is 1. The molecule has 1 aromatic heterocycles. The van der Waals surface area contributed by atoms with Gasteiger partial charge in [-0.3, -0.25) is 0 Å². The van der Waals surface area contributed by atoms with E-state index >= 15 is 0 Å². The van der Waals surface area contributed by atoms with Crippen LogP contribution in [0.4, 0.5) is 0 Å². The fraction of sp³-hybridized carbons (Fsp3) is 0.643. The summed E-state index contributed by atoms with van der Waals surface area (Å²) in [5.41, 5.74) is 0. The molecule has 0 aliphatic heterocycles. The largest absolute Gasteiger partial charge is 0.488 e. The third-order valence-electron chi connectivity index (χ3n) is 3.62. The Bertz CT molecular complexity index is 469. The van der Waals surface area contributed by atoms with Crippen LogP contribution in [0.5, 0.6) is 5.75 Å². The Kier molecular flexibility index (Phi) is 5.85. The lowest BCUT2D eigenvalue weighted by atomic mass is 10.2. The van der Waals surface area contributed by atoms with E-state index in [4.69, 9.17) is 9.16 Å². The van der Waals surface area contributed by atoms with E-state index < -0.39 is 14.3 Å². The maximum atomic E-state index is 11.2. The second-order valence-corrected chi connectivity index (χ2v) is 11.0. The van der Waals surface area contributed by atoms with Crippen molar-refractivity contribution in [3.63, 3.8) is 0 Å². The van der Waals surface area contributed by atoms with E-state index in [1.165, 1.54) is 19.5 Å². The van der Waals surface area contributed by atoms with Gasteiger partial charge in [0.1, 0.15) is 6.61 Å². The summed E-state index contributed by atoms with van der Waals surface area (Å²) in [5, 5.41) is 0.179. The zero-order valence-corrected chi connectivity index (χ0v) is 14.6. The van der Waals surface area contributed by atoms with Crippen LogP contribution in [0.1, 0.15) is 31.4 Å². The quantitative estimate of drug-likeness (QED) is 0.457. The lowest BCUT2D eigenvalue weighted by Crippen LogP contribution is -2.41. The van der Waals surface area contributed by atoms with Crippen LogP contribution in [-0.4, -0.2) is 44.6 Å². The number of aromatic nitrogens is 2. The summed E-state index contributed by atoms with van der Waals surface area (Å²) in [6.45, 7) is 11.9. The molecule has 0 atom stereocenters. The van der Waals surface area contributed by atoms with Gasteiger partial charge in [0.05, 0.1) is 26.1 Å². The summed E-state index contributed by atoms with van der Waals surface area (Å²) in [4.78, 5) is 18.9. The van der Waals surface area contributed by atoms with Gasteiger partial charge in [0.15, 0.2) is 14.1 Å². The summed E-state index contributed by atoms with van der Waals surface area (Å²) in [6, 6.07) is 0. The van der Waals surface area contributed by atoms with Crippen LogP contribution in [0.15, 0.2) is 12.4 Å². The van der Waals surface area contributed by atoms with E-state index in [-0.39, 0.29) is 10.9 Å². The van der Waals surface area contributed by atoms with Gasteiger partial charge < -0.3 is 13.9 Å². The molecule has 0 fully saturated rings. The molecule has 118 valence electrons. The maximum absolute atomic E-state index is 11.2. The van der Waals surface area contributed by atoms with Gasteiger partial charge in [-0.25, -0.2) is 14.8 Å². The molecule has 1 heterocycles. The summed E-state index contributed by atoms with van der Waals surface area (Å²) in [5.74, 6) is -0.0494. The Morgan fingerprint density at radius 2 is 1.76 bits per heavy atom. The van der Waals surface area contributed by atoms with Crippen LogP contribution in [0.2, 0.25) is 18.1 Å². The van der Waals surface area contributed by atoms with Crippen molar-refractivity contribution in [2.24, 2.45) is 0 Å². The third-order valence-corrected chi connectivity index (χ3v) is 8.16. The van der Waals surface area contributed by atoms with E-state index in [2.05, 4.69) is 48.6 Å². The Labute approximate surface area is 127 Å². The first-order valence-electron chi connectivity index (χ1n) is 6.84. The average Bonchev–Trinajstić information content (AvgIpc) is 2.42. The normalized spacial score (nSPS) is 12.1. The minimum atomic E-state index is -1.74. The van der Waals surface area contributed by atoms with Crippen molar-refractivity contribution in [1.29, 1.82) is 0 Å². The smallest absolute Gasteiger partial charge is 0.376 e. The first kappa shape index (κ1) is 17.6. The Hall–Kier alpha value is -1.47. The van der Waals surface area contributed by atoms with Crippen molar-refractivity contribution >= 4 is 14.3 Å². The minimum absolute atomic E-state index is 0.0161. The van der Waals surface area contributed by atoms with Gasteiger partial charge in [0.25, 0.3) is 0 Å². The third kappa shape index (κ3) is 5.09. The molecule has 0 spiro atoms. The molecule has 0 bridgehead atoms. The van der Waals surface area contributed by atoms with Crippen LogP contribution >= 0.6 is 0 Å². The Morgan fingerprint density at radius 1 is 1.19 bits per heavy atom. The molecule has 21 heavy (non-hydrogen) atoms. The summed E-state index contributed by atoms with van der Waals surface area (Å²) < 4.78 is 16.0. The molecule has 1 rings (SSSR count). The predicted octanol–water partition coefficient (Wildman–Crippen LogP) is 2.66. The van der Waals surface area contributed by atoms with E-state index in [0.29, 0.717) is 19.0 Å². The summed E-state index contributed by atoms with van der Waals surface area (Å²) >= 11 is 0. The van der Waals surface area contributed by atoms with Crippen LogP contribution in [0.25, 0.3) is 0 Å². The SMILES string of the molecule is COC(=O)c1ncc(OCCO[Si](C)(C)C(C)(C)C)cn1. The molecule has 1 aromatic rings.